The number of aryl methyl sites for hydroxylation is 1. The van der Waals surface area contributed by atoms with Crippen LogP contribution in [0.3, 0.4) is 0 Å². The minimum absolute atomic E-state index is 0.169. The molecule has 126 valence electrons. The van der Waals surface area contributed by atoms with Crippen molar-refractivity contribution in [2.75, 3.05) is 6.54 Å². The Hall–Kier alpha value is -2.04. The van der Waals surface area contributed by atoms with Gasteiger partial charge in [-0.2, -0.15) is 0 Å². The molecule has 2 rings (SSSR count). The minimum atomic E-state index is -0.822. The van der Waals surface area contributed by atoms with Crippen molar-refractivity contribution in [3.63, 3.8) is 0 Å². The summed E-state index contributed by atoms with van der Waals surface area (Å²) in [5, 5.41) is 12.3. The largest absolute Gasteiger partial charge is 0.481 e. The van der Waals surface area contributed by atoms with E-state index in [1.54, 1.807) is 6.92 Å². The number of benzene rings is 1. The Balaban J connectivity index is 1.89. The molecule has 1 aliphatic rings. The molecule has 5 nitrogen and oxygen atoms in total. The summed E-state index contributed by atoms with van der Waals surface area (Å²) in [6.45, 7) is 3.82. The fourth-order valence-corrected chi connectivity index (χ4v) is 2.97. The molecule has 1 aromatic carbocycles. The zero-order chi connectivity index (χ0) is 16.9. The van der Waals surface area contributed by atoms with Gasteiger partial charge in [0, 0.05) is 6.54 Å². The van der Waals surface area contributed by atoms with E-state index in [1.807, 2.05) is 31.2 Å². The van der Waals surface area contributed by atoms with Gasteiger partial charge in [-0.1, -0.05) is 37.0 Å². The summed E-state index contributed by atoms with van der Waals surface area (Å²) in [5.74, 6) is -0.467. The van der Waals surface area contributed by atoms with Gasteiger partial charge in [0.1, 0.15) is 5.75 Å². The molecular formula is C18H25NO4. The van der Waals surface area contributed by atoms with Crippen LogP contribution in [0.4, 0.5) is 0 Å². The molecule has 1 fully saturated rings. The molecule has 0 aromatic heterocycles. The van der Waals surface area contributed by atoms with E-state index in [0.29, 0.717) is 18.6 Å². The molecule has 1 aliphatic carbocycles. The zero-order valence-electron chi connectivity index (χ0n) is 13.8. The van der Waals surface area contributed by atoms with Crippen LogP contribution in [-0.4, -0.2) is 29.6 Å². The molecule has 1 aromatic rings. The molecule has 0 radical (unpaired) electrons. The standard InChI is InChI=1S/C18H25NO4/c1-13-6-8-15(9-7-13)23-14(2)16(20)19-12-18(17(21)22)10-4-3-5-11-18/h6-9,14H,3-5,10-12H2,1-2H3,(H,19,20)(H,21,22). The third kappa shape index (κ3) is 4.47. The number of rotatable bonds is 6. The quantitative estimate of drug-likeness (QED) is 0.845. The maximum absolute atomic E-state index is 12.2. The van der Waals surface area contributed by atoms with Gasteiger partial charge in [-0.3, -0.25) is 9.59 Å². The molecule has 1 unspecified atom stereocenters. The highest BCUT2D eigenvalue weighted by molar-refractivity contribution is 5.82. The molecular weight excluding hydrogens is 294 g/mol. The zero-order valence-corrected chi connectivity index (χ0v) is 13.8. The number of ether oxygens (including phenoxy) is 1. The normalized spacial score (nSPS) is 18.0. The van der Waals surface area contributed by atoms with Crippen molar-refractivity contribution in [3.8, 4) is 5.75 Å². The van der Waals surface area contributed by atoms with Gasteiger partial charge >= 0.3 is 5.97 Å². The molecule has 1 atom stereocenters. The Labute approximate surface area is 137 Å². The molecule has 5 heteroatoms. The summed E-state index contributed by atoms with van der Waals surface area (Å²) in [6, 6.07) is 7.47. The summed E-state index contributed by atoms with van der Waals surface area (Å²) >= 11 is 0. The number of amides is 1. The predicted molar refractivity (Wildman–Crippen MR) is 87.4 cm³/mol. The van der Waals surface area contributed by atoms with Crippen molar-refractivity contribution >= 4 is 11.9 Å². The molecule has 1 saturated carbocycles. The fraction of sp³-hybridized carbons (Fsp3) is 0.556. The summed E-state index contributed by atoms with van der Waals surface area (Å²) in [5.41, 5.74) is 0.299. The first-order chi connectivity index (χ1) is 10.9. The number of carbonyl (C=O) groups is 2. The van der Waals surface area contributed by atoms with Gasteiger partial charge in [-0.05, 0) is 38.8 Å². The first kappa shape index (κ1) is 17.3. The number of nitrogens with one attached hydrogen (secondary N) is 1. The van der Waals surface area contributed by atoms with Gasteiger partial charge in [-0.15, -0.1) is 0 Å². The van der Waals surface area contributed by atoms with Crippen molar-refractivity contribution in [2.45, 2.75) is 52.1 Å². The first-order valence-electron chi connectivity index (χ1n) is 8.17. The monoisotopic (exact) mass is 319 g/mol. The second-order valence-electron chi connectivity index (χ2n) is 6.44. The number of carboxylic acids is 1. The van der Waals surface area contributed by atoms with Crippen LogP contribution >= 0.6 is 0 Å². The first-order valence-corrected chi connectivity index (χ1v) is 8.17. The lowest BCUT2D eigenvalue weighted by molar-refractivity contribution is -0.151. The number of carbonyl (C=O) groups excluding carboxylic acids is 1. The number of hydrogen-bond donors (Lipinski definition) is 2. The lowest BCUT2D eigenvalue weighted by Crippen LogP contribution is -2.47. The Morgan fingerprint density at radius 3 is 2.39 bits per heavy atom. The topological polar surface area (TPSA) is 75.6 Å². The highest BCUT2D eigenvalue weighted by Gasteiger charge is 2.40. The smallest absolute Gasteiger partial charge is 0.311 e. The van der Waals surface area contributed by atoms with Crippen molar-refractivity contribution < 1.29 is 19.4 Å². The lowest BCUT2D eigenvalue weighted by atomic mass is 9.74. The summed E-state index contributed by atoms with van der Waals surface area (Å²) in [7, 11) is 0. The van der Waals surface area contributed by atoms with Gasteiger partial charge < -0.3 is 15.2 Å². The van der Waals surface area contributed by atoms with Crippen molar-refractivity contribution in [1.29, 1.82) is 0 Å². The van der Waals surface area contributed by atoms with Crippen LogP contribution in [0.15, 0.2) is 24.3 Å². The second kappa shape index (κ2) is 7.49. The molecule has 0 saturated heterocycles. The Morgan fingerprint density at radius 1 is 1.22 bits per heavy atom. The molecule has 0 aliphatic heterocycles. The number of carboxylic acid groups (broad SMARTS) is 1. The van der Waals surface area contributed by atoms with Crippen LogP contribution < -0.4 is 10.1 Å². The van der Waals surface area contributed by atoms with Crippen LogP contribution in [0, 0.1) is 12.3 Å². The van der Waals surface area contributed by atoms with Crippen LogP contribution in [0.25, 0.3) is 0 Å². The van der Waals surface area contributed by atoms with E-state index in [4.69, 9.17) is 4.74 Å². The van der Waals surface area contributed by atoms with Gasteiger partial charge in [-0.25, -0.2) is 0 Å². The Bertz CT molecular complexity index is 547. The maximum Gasteiger partial charge on any atom is 0.311 e. The van der Waals surface area contributed by atoms with Gasteiger partial charge in [0.05, 0.1) is 5.41 Å². The van der Waals surface area contributed by atoms with Crippen molar-refractivity contribution in [3.05, 3.63) is 29.8 Å². The molecule has 0 spiro atoms. The van der Waals surface area contributed by atoms with Crippen molar-refractivity contribution in [2.24, 2.45) is 5.41 Å². The van der Waals surface area contributed by atoms with Crippen LogP contribution in [0.1, 0.15) is 44.6 Å². The van der Waals surface area contributed by atoms with Crippen molar-refractivity contribution in [1.82, 2.24) is 5.32 Å². The Kier molecular flexibility index (Phi) is 5.64. The highest BCUT2D eigenvalue weighted by Crippen LogP contribution is 2.36. The molecule has 0 bridgehead atoms. The second-order valence-corrected chi connectivity index (χ2v) is 6.44. The third-order valence-corrected chi connectivity index (χ3v) is 4.57. The van der Waals surface area contributed by atoms with E-state index in [0.717, 1.165) is 24.8 Å². The van der Waals surface area contributed by atoms with E-state index in [2.05, 4.69) is 5.32 Å². The molecule has 1 amide bonds. The average Bonchev–Trinajstić information content (AvgIpc) is 2.55. The minimum Gasteiger partial charge on any atom is -0.481 e. The summed E-state index contributed by atoms with van der Waals surface area (Å²) in [6.07, 6.45) is 3.45. The lowest BCUT2D eigenvalue weighted by Gasteiger charge is -2.33. The van der Waals surface area contributed by atoms with Crippen LogP contribution in [-0.2, 0) is 9.59 Å². The molecule has 2 N–H and O–H groups in total. The summed E-state index contributed by atoms with van der Waals surface area (Å²) in [4.78, 5) is 23.8. The Morgan fingerprint density at radius 2 is 1.83 bits per heavy atom. The fourth-order valence-electron chi connectivity index (χ4n) is 2.97. The van der Waals surface area contributed by atoms with Gasteiger partial charge in [0.25, 0.3) is 5.91 Å². The van der Waals surface area contributed by atoms with Crippen LogP contribution in [0.5, 0.6) is 5.75 Å². The molecule has 23 heavy (non-hydrogen) atoms. The van der Waals surface area contributed by atoms with Crippen LogP contribution in [0.2, 0.25) is 0 Å². The van der Waals surface area contributed by atoms with E-state index in [-0.39, 0.29) is 12.5 Å². The average molecular weight is 319 g/mol. The maximum atomic E-state index is 12.2. The van der Waals surface area contributed by atoms with E-state index < -0.39 is 17.5 Å². The summed E-state index contributed by atoms with van der Waals surface area (Å²) < 4.78 is 5.60. The highest BCUT2D eigenvalue weighted by atomic mass is 16.5. The van der Waals surface area contributed by atoms with E-state index >= 15 is 0 Å². The SMILES string of the molecule is Cc1ccc(OC(C)C(=O)NCC2(C(=O)O)CCCCC2)cc1. The van der Waals surface area contributed by atoms with Gasteiger partial charge in [0.15, 0.2) is 6.10 Å². The number of hydrogen-bond acceptors (Lipinski definition) is 3. The third-order valence-electron chi connectivity index (χ3n) is 4.57. The predicted octanol–water partition coefficient (Wildman–Crippen LogP) is 2.91. The van der Waals surface area contributed by atoms with E-state index in [9.17, 15) is 14.7 Å². The van der Waals surface area contributed by atoms with E-state index in [1.165, 1.54) is 0 Å². The van der Waals surface area contributed by atoms with Gasteiger partial charge in [0.2, 0.25) is 0 Å². The number of aliphatic carboxylic acids is 1. The molecule has 0 heterocycles.